The van der Waals surface area contributed by atoms with E-state index in [9.17, 15) is 4.79 Å². The number of H-pyrrole nitrogens is 1. The molecule has 136 valence electrons. The summed E-state index contributed by atoms with van der Waals surface area (Å²) in [6.45, 7) is 3.96. The lowest BCUT2D eigenvalue weighted by atomic mass is 10.3. The van der Waals surface area contributed by atoms with Crippen molar-refractivity contribution in [3.8, 4) is 11.4 Å². The number of rotatable bonds is 5. The van der Waals surface area contributed by atoms with Gasteiger partial charge in [0.1, 0.15) is 11.1 Å². The van der Waals surface area contributed by atoms with Crippen LogP contribution in [0.3, 0.4) is 0 Å². The predicted molar refractivity (Wildman–Crippen MR) is 105 cm³/mol. The Labute approximate surface area is 155 Å². The van der Waals surface area contributed by atoms with Crippen LogP contribution in [0.15, 0.2) is 65.6 Å². The third kappa shape index (κ3) is 3.52. The first-order chi connectivity index (χ1) is 13.1. The standard InChI is InChI=1S/C20H19N5O2/c1-13(2)27-16-10-8-14(9-11-16)22-20-23-18-17(19(26)24-20)12-21-25(18)15-6-4-3-5-7-15/h3-13H,1-2H3,(H2,22,23,24,26). The molecule has 0 aliphatic carbocycles. The fourth-order valence-corrected chi connectivity index (χ4v) is 2.76. The van der Waals surface area contributed by atoms with E-state index in [1.165, 1.54) is 6.20 Å². The maximum atomic E-state index is 12.4. The summed E-state index contributed by atoms with van der Waals surface area (Å²) in [5.41, 5.74) is 1.88. The first-order valence-corrected chi connectivity index (χ1v) is 8.67. The normalized spacial score (nSPS) is 11.1. The van der Waals surface area contributed by atoms with E-state index in [-0.39, 0.29) is 11.7 Å². The van der Waals surface area contributed by atoms with Gasteiger partial charge in [0.05, 0.1) is 18.0 Å². The maximum absolute atomic E-state index is 12.4. The van der Waals surface area contributed by atoms with Gasteiger partial charge in [-0.3, -0.25) is 9.78 Å². The first kappa shape index (κ1) is 16.8. The van der Waals surface area contributed by atoms with Gasteiger partial charge < -0.3 is 10.1 Å². The number of ether oxygens (including phenoxy) is 1. The minimum absolute atomic E-state index is 0.113. The van der Waals surface area contributed by atoms with Gasteiger partial charge in [-0.25, -0.2) is 4.68 Å². The maximum Gasteiger partial charge on any atom is 0.263 e. The van der Waals surface area contributed by atoms with Crippen LogP contribution in [-0.4, -0.2) is 25.9 Å². The van der Waals surface area contributed by atoms with Crippen molar-refractivity contribution in [2.24, 2.45) is 0 Å². The molecule has 0 spiro atoms. The quantitative estimate of drug-likeness (QED) is 0.567. The van der Waals surface area contributed by atoms with E-state index in [1.54, 1.807) is 4.68 Å². The van der Waals surface area contributed by atoms with Crippen LogP contribution in [0.5, 0.6) is 5.75 Å². The number of benzene rings is 2. The Balaban J connectivity index is 1.67. The number of nitrogens with one attached hydrogen (secondary N) is 2. The van der Waals surface area contributed by atoms with Gasteiger partial charge in [0.15, 0.2) is 5.65 Å². The number of hydrogen-bond acceptors (Lipinski definition) is 5. The van der Waals surface area contributed by atoms with Gasteiger partial charge in [-0.05, 0) is 50.2 Å². The molecule has 0 saturated carbocycles. The molecule has 0 radical (unpaired) electrons. The number of fused-ring (bicyclic) bond motifs is 1. The second kappa shape index (κ2) is 6.95. The summed E-state index contributed by atoms with van der Waals surface area (Å²) in [7, 11) is 0. The molecule has 2 N–H and O–H groups in total. The highest BCUT2D eigenvalue weighted by Crippen LogP contribution is 2.20. The molecule has 7 nitrogen and oxygen atoms in total. The van der Waals surface area contributed by atoms with E-state index in [0.717, 1.165) is 17.1 Å². The predicted octanol–water partition coefficient (Wildman–Crippen LogP) is 3.64. The second-order valence-electron chi connectivity index (χ2n) is 6.36. The molecule has 4 aromatic rings. The summed E-state index contributed by atoms with van der Waals surface area (Å²) in [4.78, 5) is 19.7. The molecule has 2 aromatic heterocycles. The average molecular weight is 361 g/mol. The van der Waals surface area contributed by atoms with E-state index in [2.05, 4.69) is 20.4 Å². The highest BCUT2D eigenvalue weighted by Gasteiger charge is 2.11. The zero-order chi connectivity index (χ0) is 18.8. The van der Waals surface area contributed by atoms with Gasteiger partial charge in [-0.2, -0.15) is 10.1 Å². The van der Waals surface area contributed by atoms with Gasteiger partial charge in [0.25, 0.3) is 5.56 Å². The van der Waals surface area contributed by atoms with Crippen molar-refractivity contribution in [2.45, 2.75) is 20.0 Å². The zero-order valence-corrected chi connectivity index (χ0v) is 15.0. The van der Waals surface area contributed by atoms with E-state index < -0.39 is 0 Å². The van der Waals surface area contributed by atoms with Crippen molar-refractivity contribution in [1.29, 1.82) is 0 Å². The van der Waals surface area contributed by atoms with Crippen LogP contribution in [0.25, 0.3) is 16.7 Å². The smallest absolute Gasteiger partial charge is 0.263 e. The number of hydrogen-bond donors (Lipinski definition) is 2. The molecule has 0 fully saturated rings. The van der Waals surface area contributed by atoms with Crippen LogP contribution in [0.1, 0.15) is 13.8 Å². The fraction of sp³-hybridized carbons (Fsp3) is 0.150. The molecule has 7 heteroatoms. The summed E-state index contributed by atoms with van der Waals surface area (Å²) in [6, 6.07) is 17.1. The molecule has 0 amide bonds. The van der Waals surface area contributed by atoms with E-state index >= 15 is 0 Å². The molecule has 0 aliphatic heterocycles. The monoisotopic (exact) mass is 361 g/mol. The Kier molecular flexibility index (Phi) is 4.33. The van der Waals surface area contributed by atoms with Gasteiger partial charge in [-0.15, -0.1) is 0 Å². The molecule has 0 aliphatic rings. The Hall–Kier alpha value is -3.61. The van der Waals surface area contributed by atoms with E-state index in [0.29, 0.717) is 17.0 Å². The Morgan fingerprint density at radius 2 is 1.81 bits per heavy atom. The minimum Gasteiger partial charge on any atom is -0.491 e. The van der Waals surface area contributed by atoms with Crippen molar-refractivity contribution in [1.82, 2.24) is 19.7 Å². The van der Waals surface area contributed by atoms with Gasteiger partial charge in [0, 0.05) is 5.69 Å². The lowest BCUT2D eigenvalue weighted by molar-refractivity contribution is 0.242. The summed E-state index contributed by atoms with van der Waals surface area (Å²) in [6.07, 6.45) is 1.64. The van der Waals surface area contributed by atoms with Gasteiger partial charge in [0.2, 0.25) is 5.95 Å². The minimum atomic E-state index is -0.246. The molecule has 2 heterocycles. The number of aromatic amines is 1. The lowest BCUT2D eigenvalue weighted by Gasteiger charge is -2.11. The van der Waals surface area contributed by atoms with Crippen LogP contribution in [-0.2, 0) is 0 Å². The molecule has 0 unspecified atom stereocenters. The average Bonchev–Trinajstić information content (AvgIpc) is 3.08. The summed E-state index contributed by atoms with van der Waals surface area (Å²) in [5, 5.41) is 7.86. The number of nitrogens with zero attached hydrogens (tertiary/aromatic N) is 3. The Bertz CT molecular complexity index is 1110. The topological polar surface area (TPSA) is 84.8 Å². The summed E-state index contributed by atoms with van der Waals surface area (Å²) < 4.78 is 7.29. The number of aromatic nitrogens is 4. The van der Waals surface area contributed by atoms with E-state index in [4.69, 9.17) is 4.74 Å². The number of anilines is 2. The van der Waals surface area contributed by atoms with Crippen LogP contribution in [0.4, 0.5) is 11.6 Å². The number of para-hydroxylation sites is 1. The van der Waals surface area contributed by atoms with Gasteiger partial charge in [-0.1, -0.05) is 18.2 Å². The summed E-state index contributed by atoms with van der Waals surface area (Å²) >= 11 is 0. The van der Waals surface area contributed by atoms with Crippen LogP contribution >= 0.6 is 0 Å². The van der Waals surface area contributed by atoms with Crippen molar-refractivity contribution >= 4 is 22.7 Å². The summed E-state index contributed by atoms with van der Waals surface area (Å²) in [5.74, 6) is 1.14. The van der Waals surface area contributed by atoms with Crippen molar-refractivity contribution in [3.63, 3.8) is 0 Å². The van der Waals surface area contributed by atoms with Crippen molar-refractivity contribution in [3.05, 3.63) is 71.1 Å². The fourth-order valence-electron chi connectivity index (χ4n) is 2.76. The van der Waals surface area contributed by atoms with Crippen molar-refractivity contribution in [2.75, 3.05) is 5.32 Å². The largest absolute Gasteiger partial charge is 0.491 e. The Morgan fingerprint density at radius 3 is 2.52 bits per heavy atom. The third-order valence-electron chi connectivity index (χ3n) is 3.93. The third-order valence-corrected chi connectivity index (χ3v) is 3.93. The van der Waals surface area contributed by atoms with Crippen molar-refractivity contribution < 1.29 is 4.74 Å². The molecule has 0 bridgehead atoms. The SMILES string of the molecule is CC(C)Oc1ccc(Nc2nc3c(cnn3-c3ccccc3)c(=O)[nH]2)cc1. The lowest BCUT2D eigenvalue weighted by Crippen LogP contribution is -2.11. The second-order valence-corrected chi connectivity index (χ2v) is 6.36. The van der Waals surface area contributed by atoms with Gasteiger partial charge >= 0.3 is 0 Å². The van der Waals surface area contributed by atoms with Crippen LogP contribution < -0.4 is 15.6 Å². The molecule has 0 atom stereocenters. The van der Waals surface area contributed by atoms with E-state index in [1.807, 2.05) is 68.4 Å². The molecular weight excluding hydrogens is 342 g/mol. The molecule has 4 rings (SSSR count). The zero-order valence-electron chi connectivity index (χ0n) is 15.0. The highest BCUT2D eigenvalue weighted by atomic mass is 16.5. The molecule has 2 aromatic carbocycles. The first-order valence-electron chi connectivity index (χ1n) is 8.67. The molecule has 27 heavy (non-hydrogen) atoms. The molecule has 0 saturated heterocycles. The van der Waals surface area contributed by atoms with Crippen LogP contribution in [0.2, 0.25) is 0 Å². The highest BCUT2D eigenvalue weighted by molar-refractivity contribution is 5.76. The molecular formula is C20H19N5O2. The Morgan fingerprint density at radius 1 is 1.07 bits per heavy atom. The van der Waals surface area contributed by atoms with Crippen LogP contribution in [0, 0.1) is 0 Å².